The number of rotatable bonds is 7. The van der Waals surface area contributed by atoms with Crippen molar-refractivity contribution in [1.82, 2.24) is 0 Å². The third-order valence-corrected chi connectivity index (χ3v) is 5.10. The van der Waals surface area contributed by atoms with Crippen molar-refractivity contribution in [2.24, 2.45) is 0 Å². The molecule has 3 aromatic carbocycles. The molecule has 0 aliphatic heterocycles. The summed E-state index contributed by atoms with van der Waals surface area (Å²) in [5.74, 6) is -8.23. The van der Waals surface area contributed by atoms with Crippen LogP contribution in [0.4, 0.5) is 30.7 Å². The van der Waals surface area contributed by atoms with Gasteiger partial charge >= 0.3 is 0 Å². The van der Waals surface area contributed by atoms with Gasteiger partial charge in [-0.3, -0.25) is 0 Å². The first kappa shape index (κ1) is 23.6. The van der Waals surface area contributed by atoms with E-state index in [1.807, 2.05) is 0 Å². The Kier molecular flexibility index (Phi) is 7.11. The minimum Gasteiger partial charge on any atom is -0.487 e. The topological polar surface area (TPSA) is 9.23 Å². The standard InChI is InChI=1S/C24H19F7O/c1-3-13-6-9-18(24(31)20(13)27)32-11-15(25)10-14-5-8-17(23(30)21(14)28)16-7-4-12(2)19(26)22(16)29/h4-9,15H,3,10-11H2,1-2H3. The van der Waals surface area contributed by atoms with Crippen LogP contribution in [0.2, 0.25) is 0 Å². The first-order valence-electron chi connectivity index (χ1n) is 9.81. The molecule has 0 aromatic heterocycles. The van der Waals surface area contributed by atoms with E-state index in [-0.39, 0.29) is 23.1 Å². The average Bonchev–Trinajstić information content (AvgIpc) is 2.77. The number of hydrogen-bond acceptors (Lipinski definition) is 1. The molecule has 0 saturated heterocycles. The average molecular weight is 456 g/mol. The molecule has 170 valence electrons. The van der Waals surface area contributed by atoms with E-state index in [0.29, 0.717) is 0 Å². The van der Waals surface area contributed by atoms with Crippen LogP contribution in [0.5, 0.6) is 5.75 Å². The number of aryl methyl sites for hydroxylation is 2. The SMILES string of the molecule is CCc1ccc(OCC(F)Cc2ccc(-c3ccc(C)c(F)c3F)c(F)c2F)c(F)c1F. The quantitative estimate of drug-likeness (QED) is 0.347. The van der Waals surface area contributed by atoms with Gasteiger partial charge in [-0.05, 0) is 36.1 Å². The number of alkyl halides is 1. The Morgan fingerprint density at radius 1 is 0.688 bits per heavy atom. The maximum absolute atomic E-state index is 14.5. The molecule has 1 nitrogen and oxygen atoms in total. The lowest BCUT2D eigenvalue weighted by Crippen LogP contribution is -2.17. The van der Waals surface area contributed by atoms with Crippen LogP contribution in [-0.4, -0.2) is 12.8 Å². The highest BCUT2D eigenvalue weighted by molar-refractivity contribution is 5.66. The minimum absolute atomic E-state index is 0.00433. The van der Waals surface area contributed by atoms with Gasteiger partial charge in [0.2, 0.25) is 5.82 Å². The second kappa shape index (κ2) is 9.63. The summed E-state index contributed by atoms with van der Waals surface area (Å²) in [6, 6.07) is 6.88. The molecule has 0 heterocycles. The summed E-state index contributed by atoms with van der Waals surface area (Å²) >= 11 is 0. The van der Waals surface area contributed by atoms with E-state index >= 15 is 0 Å². The smallest absolute Gasteiger partial charge is 0.200 e. The van der Waals surface area contributed by atoms with Crippen molar-refractivity contribution in [3.63, 3.8) is 0 Å². The van der Waals surface area contributed by atoms with Crippen molar-refractivity contribution in [1.29, 1.82) is 0 Å². The van der Waals surface area contributed by atoms with Gasteiger partial charge in [0.1, 0.15) is 12.8 Å². The van der Waals surface area contributed by atoms with Gasteiger partial charge in [-0.15, -0.1) is 0 Å². The fraction of sp³-hybridized carbons (Fsp3) is 0.250. The summed E-state index contributed by atoms with van der Waals surface area (Å²) in [4.78, 5) is 0. The van der Waals surface area contributed by atoms with Gasteiger partial charge in [-0.1, -0.05) is 37.3 Å². The molecule has 1 unspecified atom stereocenters. The Balaban J connectivity index is 1.75. The van der Waals surface area contributed by atoms with E-state index in [1.165, 1.54) is 19.1 Å². The molecular weight excluding hydrogens is 437 g/mol. The van der Waals surface area contributed by atoms with Gasteiger partial charge in [0, 0.05) is 17.5 Å². The predicted octanol–water partition coefficient (Wildman–Crippen LogP) is 7.02. The lowest BCUT2D eigenvalue weighted by Gasteiger charge is -2.14. The van der Waals surface area contributed by atoms with Crippen molar-refractivity contribution in [3.05, 3.63) is 88.0 Å². The van der Waals surface area contributed by atoms with Crippen LogP contribution in [0, 0.1) is 41.8 Å². The van der Waals surface area contributed by atoms with Gasteiger partial charge in [0.05, 0.1) is 0 Å². The summed E-state index contributed by atoms with van der Waals surface area (Å²) in [6.07, 6.45) is -2.25. The molecule has 0 saturated carbocycles. The van der Waals surface area contributed by atoms with E-state index in [2.05, 4.69) is 0 Å². The fourth-order valence-electron chi connectivity index (χ4n) is 3.24. The van der Waals surface area contributed by atoms with Crippen LogP contribution < -0.4 is 4.74 Å². The number of halogens is 7. The highest BCUT2D eigenvalue weighted by atomic mass is 19.2. The highest BCUT2D eigenvalue weighted by Crippen LogP contribution is 2.31. The number of benzene rings is 3. The molecule has 0 fully saturated rings. The zero-order chi connectivity index (χ0) is 23.6. The van der Waals surface area contributed by atoms with Gasteiger partial charge < -0.3 is 4.74 Å². The lowest BCUT2D eigenvalue weighted by atomic mass is 9.98. The minimum atomic E-state index is -1.88. The second-order valence-corrected chi connectivity index (χ2v) is 7.27. The molecule has 0 spiro atoms. The molecule has 0 radical (unpaired) electrons. The molecule has 0 bridgehead atoms. The van der Waals surface area contributed by atoms with Crippen molar-refractivity contribution in [3.8, 4) is 16.9 Å². The molecule has 1 atom stereocenters. The van der Waals surface area contributed by atoms with E-state index in [0.717, 1.165) is 24.3 Å². The van der Waals surface area contributed by atoms with Crippen molar-refractivity contribution in [2.45, 2.75) is 32.9 Å². The zero-order valence-electron chi connectivity index (χ0n) is 17.2. The summed E-state index contributed by atoms with van der Waals surface area (Å²) in [5, 5.41) is 0. The Bertz CT molecular complexity index is 1140. The molecular formula is C24H19F7O. The van der Waals surface area contributed by atoms with Crippen LogP contribution in [0.3, 0.4) is 0 Å². The van der Waals surface area contributed by atoms with Crippen molar-refractivity contribution < 1.29 is 35.5 Å². The van der Waals surface area contributed by atoms with Crippen LogP contribution in [0.25, 0.3) is 11.1 Å². The molecule has 0 N–H and O–H groups in total. The third-order valence-electron chi connectivity index (χ3n) is 5.10. The van der Waals surface area contributed by atoms with Gasteiger partial charge in [-0.25, -0.2) is 26.3 Å². The van der Waals surface area contributed by atoms with Crippen LogP contribution >= 0.6 is 0 Å². The van der Waals surface area contributed by atoms with Crippen molar-refractivity contribution in [2.75, 3.05) is 6.61 Å². The summed E-state index contributed by atoms with van der Waals surface area (Å²) in [7, 11) is 0. The van der Waals surface area contributed by atoms with E-state index in [1.54, 1.807) is 6.92 Å². The molecule has 0 amide bonds. The lowest BCUT2D eigenvalue weighted by molar-refractivity contribution is 0.187. The summed E-state index contributed by atoms with van der Waals surface area (Å²) in [6.45, 7) is 2.23. The fourth-order valence-corrected chi connectivity index (χ4v) is 3.24. The Morgan fingerprint density at radius 3 is 1.91 bits per heavy atom. The number of hydrogen-bond donors (Lipinski definition) is 0. The second-order valence-electron chi connectivity index (χ2n) is 7.27. The summed E-state index contributed by atoms with van der Waals surface area (Å²) in [5.41, 5.74) is -1.21. The zero-order valence-corrected chi connectivity index (χ0v) is 17.2. The maximum atomic E-state index is 14.5. The molecule has 0 aliphatic rings. The van der Waals surface area contributed by atoms with Crippen LogP contribution in [0.1, 0.15) is 23.6 Å². The predicted molar refractivity (Wildman–Crippen MR) is 106 cm³/mol. The Labute approximate surface area is 180 Å². The van der Waals surface area contributed by atoms with Crippen LogP contribution in [0.15, 0.2) is 36.4 Å². The Hall–Kier alpha value is -3.03. The maximum Gasteiger partial charge on any atom is 0.200 e. The molecule has 0 aliphatic carbocycles. The first-order chi connectivity index (χ1) is 15.1. The molecule has 8 heteroatoms. The first-order valence-corrected chi connectivity index (χ1v) is 9.81. The van der Waals surface area contributed by atoms with Crippen molar-refractivity contribution >= 4 is 0 Å². The highest BCUT2D eigenvalue weighted by Gasteiger charge is 2.22. The monoisotopic (exact) mass is 456 g/mol. The van der Waals surface area contributed by atoms with E-state index < -0.39 is 71.0 Å². The largest absolute Gasteiger partial charge is 0.487 e. The van der Waals surface area contributed by atoms with Gasteiger partial charge in [0.15, 0.2) is 34.8 Å². The van der Waals surface area contributed by atoms with E-state index in [9.17, 15) is 30.7 Å². The molecule has 3 aromatic rings. The van der Waals surface area contributed by atoms with E-state index in [4.69, 9.17) is 4.74 Å². The molecule has 32 heavy (non-hydrogen) atoms. The number of ether oxygens (including phenoxy) is 1. The van der Waals surface area contributed by atoms with Crippen LogP contribution in [-0.2, 0) is 12.8 Å². The van der Waals surface area contributed by atoms with Gasteiger partial charge in [0.25, 0.3) is 0 Å². The third kappa shape index (κ3) is 4.59. The van der Waals surface area contributed by atoms with Gasteiger partial charge in [-0.2, -0.15) is 4.39 Å². The Morgan fingerprint density at radius 2 is 1.25 bits per heavy atom. The summed E-state index contributed by atoms with van der Waals surface area (Å²) < 4.78 is 104. The normalized spacial score (nSPS) is 12.2. The molecule has 3 rings (SSSR count).